The molecule has 2 fully saturated rings. The predicted octanol–water partition coefficient (Wildman–Crippen LogP) is 5.03. The van der Waals surface area contributed by atoms with E-state index in [1.807, 2.05) is 50.7 Å². The van der Waals surface area contributed by atoms with Crippen molar-refractivity contribution in [3.05, 3.63) is 72.3 Å². The van der Waals surface area contributed by atoms with Gasteiger partial charge in [-0.1, -0.05) is 76.2 Å². The number of imidazole rings is 1. The Labute approximate surface area is 330 Å². The minimum atomic E-state index is -0.885. The molecule has 1 aromatic heterocycles. The van der Waals surface area contributed by atoms with Gasteiger partial charge < -0.3 is 45.5 Å². The molecule has 3 aliphatic heterocycles. The Morgan fingerprint density at radius 2 is 1.52 bits per heavy atom. The average Bonchev–Trinajstić information content (AvgIpc) is 4.02. The van der Waals surface area contributed by atoms with E-state index in [-0.39, 0.29) is 42.0 Å². The number of hydrogen-bond acceptors (Lipinski definition) is 9. The van der Waals surface area contributed by atoms with E-state index in [4.69, 9.17) is 9.72 Å². The van der Waals surface area contributed by atoms with E-state index in [2.05, 4.69) is 80.6 Å². The maximum Gasteiger partial charge on any atom is 0.407 e. The lowest BCUT2D eigenvalue weighted by Gasteiger charge is -2.36. The highest BCUT2D eigenvalue weighted by atomic mass is 16.5. The van der Waals surface area contributed by atoms with Gasteiger partial charge in [-0.2, -0.15) is 0 Å². The lowest BCUT2D eigenvalue weighted by atomic mass is 10.0. The molecule has 5 N–H and O–H groups in total. The number of aliphatic hydroxyl groups excluding tert-OH is 1. The molecule has 6 rings (SSSR count). The first kappa shape index (κ1) is 40.6. The Balaban J connectivity index is 1.09. The molecule has 2 saturated heterocycles. The van der Waals surface area contributed by atoms with Crippen molar-refractivity contribution in [1.82, 2.24) is 45.5 Å². The number of hydrogen-bond donors (Lipinski definition) is 5. The summed E-state index contributed by atoms with van der Waals surface area (Å²) in [6.45, 7) is 9.23. The van der Waals surface area contributed by atoms with Crippen LogP contribution >= 0.6 is 0 Å². The summed E-state index contributed by atoms with van der Waals surface area (Å²) in [5, 5.41) is 20.8. The molecule has 0 aliphatic carbocycles. The molecule has 56 heavy (non-hydrogen) atoms. The van der Waals surface area contributed by atoms with Crippen molar-refractivity contribution < 1.29 is 24.2 Å². The van der Waals surface area contributed by atoms with Gasteiger partial charge in [0.1, 0.15) is 24.3 Å². The summed E-state index contributed by atoms with van der Waals surface area (Å²) in [6, 6.07) is 15.4. The van der Waals surface area contributed by atoms with Gasteiger partial charge in [0, 0.05) is 40.4 Å². The van der Waals surface area contributed by atoms with Crippen molar-refractivity contribution >= 4 is 23.7 Å². The monoisotopic (exact) mass is 769 g/mol. The molecular weight excluding hydrogens is 711 g/mol. The minimum absolute atomic E-state index is 0.00126. The number of likely N-dealkylation sites (N-methyl/N-ethyl adjacent to an activating group) is 1. The third-order valence-corrected chi connectivity index (χ3v) is 11.4. The molecule has 14 heteroatoms. The number of nitrogens with zero attached hydrogens (tertiary/aromatic N) is 5. The van der Waals surface area contributed by atoms with Crippen molar-refractivity contribution in [2.45, 2.75) is 89.9 Å². The molecule has 2 unspecified atom stereocenters. The van der Waals surface area contributed by atoms with Crippen molar-refractivity contribution in [1.29, 1.82) is 0 Å². The Morgan fingerprint density at radius 1 is 0.893 bits per heavy atom. The van der Waals surface area contributed by atoms with Gasteiger partial charge in [-0.3, -0.25) is 9.69 Å². The maximum atomic E-state index is 13.8. The smallest absolute Gasteiger partial charge is 0.407 e. The third kappa shape index (κ3) is 8.66. The van der Waals surface area contributed by atoms with Crippen molar-refractivity contribution in [3.63, 3.8) is 0 Å². The number of aromatic amines is 1. The summed E-state index contributed by atoms with van der Waals surface area (Å²) in [7, 11) is 6.72. The molecule has 302 valence electrons. The number of carbonyl (C=O) groups is 3. The van der Waals surface area contributed by atoms with Crippen LogP contribution in [0.25, 0.3) is 28.1 Å². The number of aromatic nitrogens is 2. The number of H-pyrrole nitrogens is 1. The number of amides is 4. The van der Waals surface area contributed by atoms with Gasteiger partial charge in [0.15, 0.2) is 0 Å². The van der Waals surface area contributed by atoms with E-state index in [1.54, 1.807) is 14.1 Å². The zero-order valence-corrected chi connectivity index (χ0v) is 34.0. The second-order valence-corrected chi connectivity index (χ2v) is 16.2. The first-order valence-electron chi connectivity index (χ1n) is 19.8. The van der Waals surface area contributed by atoms with E-state index in [9.17, 15) is 19.5 Å². The van der Waals surface area contributed by atoms with Crippen LogP contribution in [0.3, 0.4) is 0 Å². The highest BCUT2D eigenvalue weighted by Gasteiger charge is 2.42. The van der Waals surface area contributed by atoms with Crippen LogP contribution in [0, 0.1) is 11.8 Å². The number of likely N-dealkylation sites (tertiary alicyclic amines) is 2. The third-order valence-electron chi connectivity index (χ3n) is 11.4. The summed E-state index contributed by atoms with van der Waals surface area (Å²) < 4.78 is 4.80. The number of rotatable bonds is 12. The number of nitrogens with one attached hydrogen (secondary N) is 4. The van der Waals surface area contributed by atoms with Crippen LogP contribution in [0.4, 0.5) is 9.59 Å². The number of ether oxygens (including phenoxy) is 1. The standard InChI is InChI=1S/C42H59N9O5/c1-25(2)35(46-41(54)48(5)6)39(52)51-22-10-12-34(51)38-45-32(24-49(38)7)30-19-15-28(16-20-30)27-13-17-29(18-14-27)31-23-43-37(44-31)33-11-9-21-50(33)40(53)36(26(3)4)47-42(55)56-8/h13-20,23-26,33-36,38,40,45,53H,9-12,21-22H2,1-8H3,(H,43,44)(H,46,54)(H,47,55)/t33-,34-,35-,36-,38?,40?/m0/s1. The van der Waals surface area contributed by atoms with Gasteiger partial charge in [0.2, 0.25) is 5.91 Å². The number of aliphatic hydroxyl groups is 1. The molecule has 2 aromatic carbocycles. The number of alkyl carbamates (subject to hydrolysis) is 1. The van der Waals surface area contributed by atoms with Gasteiger partial charge in [-0.15, -0.1) is 0 Å². The maximum absolute atomic E-state index is 13.8. The van der Waals surface area contributed by atoms with Gasteiger partial charge in [-0.05, 0) is 59.8 Å². The molecule has 6 atom stereocenters. The fourth-order valence-corrected chi connectivity index (χ4v) is 8.18. The van der Waals surface area contributed by atoms with E-state index >= 15 is 0 Å². The predicted molar refractivity (Wildman–Crippen MR) is 217 cm³/mol. The normalized spacial score (nSPS) is 21.5. The van der Waals surface area contributed by atoms with Crippen LogP contribution in [0.1, 0.15) is 70.8 Å². The van der Waals surface area contributed by atoms with Gasteiger partial charge in [-0.25, -0.2) is 14.6 Å². The molecule has 0 saturated carbocycles. The van der Waals surface area contributed by atoms with Crippen molar-refractivity contribution in [2.24, 2.45) is 11.8 Å². The van der Waals surface area contributed by atoms with Crippen LogP contribution in [-0.2, 0) is 9.53 Å². The molecule has 0 radical (unpaired) electrons. The second kappa shape index (κ2) is 17.4. The second-order valence-electron chi connectivity index (χ2n) is 16.2. The lowest BCUT2D eigenvalue weighted by Crippen LogP contribution is -2.58. The van der Waals surface area contributed by atoms with Crippen LogP contribution in [-0.4, -0.2) is 125 Å². The highest BCUT2D eigenvalue weighted by molar-refractivity contribution is 5.87. The molecule has 14 nitrogen and oxygen atoms in total. The minimum Gasteiger partial charge on any atom is -0.453 e. The quantitative estimate of drug-likeness (QED) is 0.171. The van der Waals surface area contributed by atoms with Crippen LogP contribution < -0.4 is 16.0 Å². The molecule has 0 bridgehead atoms. The van der Waals surface area contributed by atoms with E-state index < -0.39 is 24.4 Å². The van der Waals surface area contributed by atoms with Crippen LogP contribution in [0.2, 0.25) is 0 Å². The summed E-state index contributed by atoms with van der Waals surface area (Å²) >= 11 is 0. The fourth-order valence-electron chi connectivity index (χ4n) is 8.18. The van der Waals surface area contributed by atoms with E-state index in [0.29, 0.717) is 13.1 Å². The highest BCUT2D eigenvalue weighted by Crippen LogP contribution is 2.35. The number of urea groups is 1. The largest absolute Gasteiger partial charge is 0.453 e. The number of methoxy groups -OCH3 is 1. The summed E-state index contributed by atoms with van der Waals surface area (Å²) in [5.74, 6) is 0.714. The Kier molecular flexibility index (Phi) is 12.6. The lowest BCUT2D eigenvalue weighted by molar-refractivity contribution is -0.136. The first-order chi connectivity index (χ1) is 26.8. The SMILES string of the molecule is COC(=O)N[C@@H](C(C)C)C(O)N1CCC[C@H]1c1ncc(-c2ccc(-c3ccc(C4=CN(C)C([C@@H]5CCCN5C(=O)[C@@H](NC(=O)N(C)C)C(C)C)N4)cc3)cc2)[nH]1. The Hall–Kier alpha value is -5.08. The van der Waals surface area contributed by atoms with Gasteiger partial charge in [0.25, 0.3) is 0 Å². The molecule has 4 heterocycles. The van der Waals surface area contributed by atoms with Gasteiger partial charge >= 0.3 is 12.1 Å². The van der Waals surface area contributed by atoms with Crippen molar-refractivity contribution in [2.75, 3.05) is 41.3 Å². The average molecular weight is 770 g/mol. The Bertz CT molecular complexity index is 1860. The molecule has 0 spiro atoms. The summed E-state index contributed by atoms with van der Waals surface area (Å²) in [6.07, 6.45) is 5.99. The van der Waals surface area contributed by atoms with Crippen molar-refractivity contribution in [3.8, 4) is 22.4 Å². The first-order valence-corrected chi connectivity index (χ1v) is 19.8. The van der Waals surface area contributed by atoms with E-state index in [1.165, 1.54) is 12.0 Å². The number of carbonyl (C=O) groups excluding carboxylic acids is 3. The van der Waals surface area contributed by atoms with Crippen LogP contribution in [0.15, 0.2) is 60.9 Å². The topological polar surface area (TPSA) is 158 Å². The molecule has 3 aromatic rings. The molecule has 3 aliphatic rings. The fraction of sp³-hybridized carbons (Fsp3) is 0.524. The number of benzene rings is 2. The van der Waals surface area contributed by atoms with Crippen LogP contribution in [0.5, 0.6) is 0 Å². The Morgan fingerprint density at radius 3 is 2.12 bits per heavy atom. The zero-order chi connectivity index (χ0) is 40.3. The zero-order valence-electron chi connectivity index (χ0n) is 34.0. The van der Waals surface area contributed by atoms with E-state index in [0.717, 1.165) is 65.2 Å². The van der Waals surface area contributed by atoms with Gasteiger partial charge in [0.05, 0.1) is 42.8 Å². The summed E-state index contributed by atoms with van der Waals surface area (Å²) in [5.41, 5.74) is 6.16. The molecular formula is C42H59N9O5. The summed E-state index contributed by atoms with van der Waals surface area (Å²) in [4.78, 5) is 54.1. The molecule has 4 amide bonds.